The summed E-state index contributed by atoms with van der Waals surface area (Å²) in [6.45, 7) is 0. The van der Waals surface area contributed by atoms with E-state index >= 15 is 0 Å². The minimum Gasteiger partial charge on any atom is -0.309 e. The highest BCUT2D eigenvalue weighted by molar-refractivity contribution is 7.27. The van der Waals surface area contributed by atoms with E-state index in [1.54, 1.807) is 0 Å². The van der Waals surface area contributed by atoms with Gasteiger partial charge in [-0.15, -0.1) is 22.7 Å². The van der Waals surface area contributed by atoms with E-state index in [4.69, 9.17) is 9.97 Å². The van der Waals surface area contributed by atoms with Crippen molar-refractivity contribution in [1.82, 2.24) is 23.7 Å². The van der Waals surface area contributed by atoms with E-state index in [2.05, 4.69) is 273 Å². The summed E-state index contributed by atoms with van der Waals surface area (Å²) in [5.74, 6) is 2.06. The Morgan fingerprint density at radius 2 is 0.833 bits per heavy atom. The lowest BCUT2D eigenvalue weighted by Crippen LogP contribution is -2.15. The van der Waals surface area contributed by atoms with E-state index < -0.39 is 0 Å². The third-order valence-electron chi connectivity index (χ3n) is 15.9. The predicted molar refractivity (Wildman–Crippen MR) is 331 cm³/mol. The average Bonchev–Trinajstić information content (AvgIpc) is 4.47. The maximum absolute atomic E-state index is 5.81. The summed E-state index contributed by atoms with van der Waals surface area (Å²) in [7, 11) is 0. The van der Waals surface area contributed by atoms with Gasteiger partial charge in [0.15, 0.2) is 0 Å². The second kappa shape index (κ2) is 16.8. The third kappa shape index (κ3) is 6.42. The standard InChI is InChI=1S/C70H42N6S2/c1-3-17-45(18-4-1)73(47-33-36-51-48-21-7-12-26-57(48)74(62(51)41-47)46-19-5-2-6-20-46)66-42-67(75-59-28-14-9-25-56(59)68-60(75)38-37-55-53-24-11-16-30-64(53)78-69(55)68)72-70(71-66)76-58-27-13-8-22-49(58)50-34-31-43(39-61(50)76)44-32-35-54-52-23-10-15-29-63(52)77-65(54)40-44/h1-42H. The molecule has 0 bridgehead atoms. The molecular formula is C70H42N6S2. The van der Waals surface area contributed by atoms with Crippen molar-refractivity contribution >= 4 is 146 Å². The number of hydrogen-bond donors (Lipinski definition) is 0. The zero-order valence-corrected chi connectivity index (χ0v) is 43.4. The molecule has 17 aromatic rings. The monoisotopic (exact) mass is 1030 g/mol. The highest BCUT2D eigenvalue weighted by atomic mass is 32.1. The van der Waals surface area contributed by atoms with Gasteiger partial charge in [0.05, 0.1) is 33.1 Å². The Kier molecular flexibility index (Phi) is 9.36. The zero-order chi connectivity index (χ0) is 51.0. The molecule has 0 radical (unpaired) electrons. The molecule has 0 aliphatic carbocycles. The third-order valence-corrected chi connectivity index (χ3v) is 18.2. The molecule has 17 rings (SSSR count). The summed E-state index contributed by atoms with van der Waals surface area (Å²) in [6, 6.07) is 92.5. The lowest BCUT2D eigenvalue weighted by atomic mass is 10.0. The summed E-state index contributed by atoms with van der Waals surface area (Å²) < 4.78 is 12.2. The first-order valence-corrected chi connectivity index (χ1v) is 27.9. The maximum Gasteiger partial charge on any atom is 0.238 e. The highest BCUT2D eigenvalue weighted by Gasteiger charge is 2.25. The molecule has 8 heteroatoms. The number of aromatic nitrogens is 5. The number of nitrogens with zero attached hydrogens (tertiary/aromatic N) is 6. The Hall–Kier alpha value is -9.86. The summed E-state index contributed by atoms with van der Waals surface area (Å²) >= 11 is 3.71. The van der Waals surface area contributed by atoms with E-state index in [0.29, 0.717) is 5.95 Å². The van der Waals surface area contributed by atoms with Gasteiger partial charge in [0.1, 0.15) is 11.6 Å². The van der Waals surface area contributed by atoms with Crippen molar-refractivity contribution in [1.29, 1.82) is 0 Å². The minimum atomic E-state index is 0.570. The van der Waals surface area contributed by atoms with Crippen molar-refractivity contribution in [2.75, 3.05) is 4.90 Å². The van der Waals surface area contributed by atoms with Crippen LogP contribution in [0, 0.1) is 0 Å². The number of fused-ring (bicyclic) bond motifs is 16. The molecule has 0 aliphatic rings. The molecule has 0 atom stereocenters. The molecule has 6 heterocycles. The van der Waals surface area contributed by atoms with Crippen LogP contribution >= 0.6 is 22.7 Å². The van der Waals surface area contributed by atoms with E-state index in [1.165, 1.54) is 67.5 Å². The van der Waals surface area contributed by atoms with Crippen LogP contribution in [0.25, 0.3) is 134 Å². The molecule has 0 saturated heterocycles. The van der Waals surface area contributed by atoms with Gasteiger partial charge in [0.2, 0.25) is 5.95 Å². The first-order chi connectivity index (χ1) is 38.7. The van der Waals surface area contributed by atoms with E-state index in [0.717, 1.165) is 78.1 Å². The average molecular weight is 1030 g/mol. The van der Waals surface area contributed by atoms with Crippen molar-refractivity contribution in [3.63, 3.8) is 0 Å². The Bertz CT molecular complexity index is 5290. The summed E-state index contributed by atoms with van der Waals surface area (Å²) in [5.41, 5.74) is 11.8. The molecule has 6 aromatic heterocycles. The number of thiophene rings is 2. The molecule has 0 aliphatic heterocycles. The second-order valence-electron chi connectivity index (χ2n) is 20.1. The van der Waals surface area contributed by atoms with Crippen LogP contribution in [0.15, 0.2) is 255 Å². The van der Waals surface area contributed by atoms with Gasteiger partial charge in [-0.2, -0.15) is 9.97 Å². The largest absolute Gasteiger partial charge is 0.309 e. The molecular weight excluding hydrogens is 989 g/mol. The zero-order valence-electron chi connectivity index (χ0n) is 41.7. The van der Waals surface area contributed by atoms with Gasteiger partial charge in [0.25, 0.3) is 0 Å². The number of rotatable bonds is 7. The Morgan fingerprint density at radius 1 is 0.308 bits per heavy atom. The van der Waals surface area contributed by atoms with Crippen molar-refractivity contribution in [3.8, 4) is 28.6 Å². The molecule has 0 saturated carbocycles. The van der Waals surface area contributed by atoms with Crippen LogP contribution in [-0.2, 0) is 0 Å². The van der Waals surface area contributed by atoms with Crippen molar-refractivity contribution in [2.24, 2.45) is 0 Å². The van der Waals surface area contributed by atoms with Gasteiger partial charge in [-0.3, -0.25) is 14.0 Å². The van der Waals surface area contributed by atoms with Gasteiger partial charge in [-0.25, -0.2) is 0 Å². The quantitative estimate of drug-likeness (QED) is 0.160. The lowest BCUT2D eigenvalue weighted by Gasteiger charge is -2.26. The number of benzene rings is 11. The first-order valence-electron chi connectivity index (χ1n) is 26.3. The topological polar surface area (TPSA) is 43.8 Å². The van der Waals surface area contributed by atoms with Gasteiger partial charge in [0, 0.05) is 95.8 Å². The number of anilines is 3. The smallest absolute Gasteiger partial charge is 0.238 e. The Balaban J connectivity index is 0.962. The van der Waals surface area contributed by atoms with Crippen LogP contribution in [0.2, 0.25) is 0 Å². The molecule has 0 unspecified atom stereocenters. The van der Waals surface area contributed by atoms with Crippen molar-refractivity contribution in [2.45, 2.75) is 0 Å². The van der Waals surface area contributed by atoms with Crippen LogP contribution in [0.3, 0.4) is 0 Å². The van der Waals surface area contributed by atoms with E-state index in [-0.39, 0.29) is 0 Å². The van der Waals surface area contributed by atoms with Crippen LogP contribution in [0.1, 0.15) is 0 Å². The van der Waals surface area contributed by atoms with Gasteiger partial charge < -0.3 is 4.57 Å². The highest BCUT2D eigenvalue weighted by Crippen LogP contribution is 2.46. The number of hydrogen-bond acceptors (Lipinski definition) is 5. The van der Waals surface area contributed by atoms with Crippen LogP contribution < -0.4 is 4.90 Å². The van der Waals surface area contributed by atoms with Gasteiger partial charge in [-0.1, -0.05) is 164 Å². The predicted octanol–water partition coefficient (Wildman–Crippen LogP) is 19.6. The normalized spacial score (nSPS) is 12.1. The van der Waals surface area contributed by atoms with Crippen LogP contribution in [0.4, 0.5) is 17.2 Å². The van der Waals surface area contributed by atoms with Gasteiger partial charge in [-0.05, 0) is 96.1 Å². The molecule has 6 nitrogen and oxygen atoms in total. The maximum atomic E-state index is 5.81. The molecule has 11 aromatic carbocycles. The van der Waals surface area contributed by atoms with E-state index in [1.807, 2.05) is 22.7 Å². The fraction of sp³-hybridized carbons (Fsp3) is 0. The lowest BCUT2D eigenvalue weighted by molar-refractivity contribution is 0.941. The molecule has 78 heavy (non-hydrogen) atoms. The Morgan fingerprint density at radius 3 is 1.58 bits per heavy atom. The second-order valence-corrected chi connectivity index (χ2v) is 22.3. The summed E-state index contributed by atoms with van der Waals surface area (Å²) in [4.78, 5) is 13.9. The first kappa shape index (κ1) is 43.4. The molecule has 0 N–H and O–H groups in total. The molecule has 0 fully saturated rings. The van der Waals surface area contributed by atoms with E-state index in [9.17, 15) is 0 Å². The van der Waals surface area contributed by atoms with Gasteiger partial charge >= 0.3 is 0 Å². The SMILES string of the molecule is c1ccc(N(c2ccc3c4ccccc4n(-c4ccccc4)c3c2)c2cc(-n3c4ccccc4c4c5sc6ccccc6c5ccc43)nc(-n3c4ccccc4c4ccc(-c5ccc6c(c5)sc5ccccc56)cc43)n2)cc1. The minimum absolute atomic E-state index is 0.570. The summed E-state index contributed by atoms with van der Waals surface area (Å²) in [6.07, 6.45) is 0. The van der Waals surface area contributed by atoms with Crippen molar-refractivity contribution < 1.29 is 0 Å². The van der Waals surface area contributed by atoms with Crippen molar-refractivity contribution in [3.05, 3.63) is 255 Å². The fourth-order valence-corrected chi connectivity index (χ4v) is 14.8. The summed E-state index contributed by atoms with van der Waals surface area (Å²) in [5, 5.41) is 12.2. The Labute approximate surface area is 454 Å². The fourth-order valence-electron chi connectivity index (χ4n) is 12.4. The molecule has 364 valence electrons. The van der Waals surface area contributed by atoms with Crippen LogP contribution in [0.5, 0.6) is 0 Å². The molecule has 0 amide bonds. The number of para-hydroxylation sites is 5. The van der Waals surface area contributed by atoms with Crippen LogP contribution in [-0.4, -0.2) is 23.7 Å². The molecule has 0 spiro atoms.